The molecule has 4 rings (SSSR count). The molecule has 1 aliphatic carbocycles. The zero-order chi connectivity index (χ0) is 20.1. The molecule has 1 fully saturated rings. The molecule has 0 spiro atoms. The van der Waals surface area contributed by atoms with Gasteiger partial charge in [-0.3, -0.25) is 4.40 Å². The second-order valence-electron chi connectivity index (χ2n) is 6.94. The van der Waals surface area contributed by atoms with Crippen molar-refractivity contribution < 1.29 is 26.7 Å². The van der Waals surface area contributed by atoms with Crippen LogP contribution in [-0.4, -0.2) is 14.6 Å². The highest BCUT2D eigenvalue weighted by Crippen LogP contribution is 2.39. The molecule has 0 amide bonds. The van der Waals surface area contributed by atoms with Gasteiger partial charge in [-0.2, -0.15) is 13.2 Å². The van der Waals surface area contributed by atoms with Crippen molar-refractivity contribution in [2.75, 3.05) is 0 Å². The number of aromatic nitrogens is 3. The third-order valence-electron chi connectivity index (χ3n) is 4.77. The molecule has 0 unspecified atom stereocenters. The van der Waals surface area contributed by atoms with E-state index in [0.717, 1.165) is 25.0 Å². The molecule has 0 N–H and O–H groups in total. The molecule has 1 aliphatic rings. The van der Waals surface area contributed by atoms with Gasteiger partial charge in [-0.25, -0.2) is 8.78 Å². The minimum absolute atomic E-state index is 0.200. The third kappa shape index (κ3) is 3.53. The van der Waals surface area contributed by atoms with E-state index in [2.05, 4.69) is 10.2 Å². The maximum Gasteiger partial charge on any atom is 0.420 e. The largest absolute Gasteiger partial charge is 0.483 e. The Balaban J connectivity index is 1.74. The molecule has 4 nitrogen and oxygen atoms in total. The second-order valence-corrected chi connectivity index (χ2v) is 6.94. The Morgan fingerprint density at radius 1 is 1.18 bits per heavy atom. The summed E-state index contributed by atoms with van der Waals surface area (Å²) in [5.74, 6) is -1.21. The van der Waals surface area contributed by atoms with E-state index in [-0.39, 0.29) is 17.0 Å². The fraction of sp³-hybridized carbons (Fsp3) is 0.368. The molecule has 1 saturated carbocycles. The predicted octanol–water partition coefficient (Wildman–Crippen LogP) is 5.12. The topological polar surface area (TPSA) is 39.4 Å². The van der Waals surface area contributed by atoms with Crippen LogP contribution < -0.4 is 4.74 Å². The van der Waals surface area contributed by atoms with Gasteiger partial charge in [0.25, 0.3) is 0 Å². The Morgan fingerprint density at radius 3 is 2.57 bits per heavy atom. The van der Waals surface area contributed by atoms with Gasteiger partial charge in [-0.15, -0.1) is 10.2 Å². The summed E-state index contributed by atoms with van der Waals surface area (Å²) in [7, 11) is 0. The van der Waals surface area contributed by atoms with Crippen molar-refractivity contribution in [2.45, 2.75) is 38.5 Å². The number of rotatable bonds is 5. The van der Waals surface area contributed by atoms with Crippen LogP contribution in [0.2, 0.25) is 0 Å². The van der Waals surface area contributed by atoms with E-state index < -0.39 is 29.5 Å². The number of nitrogens with zero attached hydrogens (tertiary/aromatic N) is 3. The number of benzene rings is 1. The summed E-state index contributed by atoms with van der Waals surface area (Å²) < 4.78 is 75.1. The summed E-state index contributed by atoms with van der Waals surface area (Å²) in [4.78, 5) is 0. The first kappa shape index (κ1) is 18.6. The number of pyridine rings is 1. The Bertz CT molecular complexity index is 1030. The van der Waals surface area contributed by atoms with Crippen LogP contribution in [0.4, 0.5) is 22.0 Å². The van der Waals surface area contributed by atoms with Gasteiger partial charge in [0.1, 0.15) is 23.3 Å². The summed E-state index contributed by atoms with van der Waals surface area (Å²) in [6.45, 7) is 1.37. The maximum atomic E-state index is 13.8. The van der Waals surface area contributed by atoms with Crippen LogP contribution in [-0.2, 0) is 12.6 Å². The molecule has 3 aromatic rings. The highest BCUT2D eigenvalue weighted by Gasteiger charge is 2.39. The van der Waals surface area contributed by atoms with Gasteiger partial charge in [-0.05, 0) is 43.9 Å². The lowest BCUT2D eigenvalue weighted by Crippen LogP contribution is -2.16. The number of hydrogen-bond donors (Lipinski definition) is 0. The molecule has 2 heterocycles. The second kappa shape index (κ2) is 6.72. The van der Waals surface area contributed by atoms with Crippen LogP contribution >= 0.6 is 0 Å². The van der Waals surface area contributed by atoms with E-state index in [1.165, 1.54) is 23.6 Å². The highest BCUT2D eigenvalue weighted by molar-refractivity contribution is 5.54. The maximum absolute atomic E-state index is 13.8. The summed E-state index contributed by atoms with van der Waals surface area (Å²) in [5, 5.41) is 7.69. The molecule has 9 heteroatoms. The van der Waals surface area contributed by atoms with Crippen LogP contribution in [0, 0.1) is 17.6 Å². The first-order chi connectivity index (χ1) is 13.2. The quantitative estimate of drug-likeness (QED) is 0.561. The summed E-state index contributed by atoms with van der Waals surface area (Å²) in [6, 6.07) is 3.90. The number of ether oxygens (including phenoxy) is 1. The smallest absolute Gasteiger partial charge is 0.420 e. The van der Waals surface area contributed by atoms with Crippen molar-refractivity contribution in [3.05, 3.63) is 59.0 Å². The minimum Gasteiger partial charge on any atom is -0.483 e. The van der Waals surface area contributed by atoms with Gasteiger partial charge in [-0.1, -0.05) is 0 Å². The molecule has 2 aromatic heterocycles. The predicted molar refractivity (Wildman–Crippen MR) is 89.8 cm³/mol. The molecule has 1 atom stereocenters. The summed E-state index contributed by atoms with van der Waals surface area (Å²) in [6.07, 6.45) is -1.74. The van der Waals surface area contributed by atoms with Crippen molar-refractivity contribution >= 4 is 5.65 Å². The van der Waals surface area contributed by atoms with Gasteiger partial charge >= 0.3 is 6.18 Å². The Morgan fingerprint density at radius 2 is 1.93 bits per heavy atom. The average Bonchev–Trinajstić information content (AvgIpc) is 3.34. The van der Waals surface area contributed by atoms with Crippen molar-refractivity contribution in [1.29, 1.82) is 0 Å². The lowest BCUT2D eigenvalue weighted by atomic mass is 10.0. The molecule has 0 radical (unpaired) electrons. The van der Waals surface area contributed by atoms with Gasteiger partial charge in [0.15, 0.2) is 17.2 Å². The van der Waals surface area contributed by atoms with E-state index in [4.69, 9.17) is 4.74 Å². The van der Waals surface area contributed by atoms with Gasteiger partial charge < -0.3 is 4.74 Å². The molecule has 0 aliphatic heterocycles. The molecule has 0 saturated heterocycles. The molecule has 0 bridgehead atoms. The lowest BCUT2D eigenvalue weighted by molar-refractivity contribution is -0.138. The summed E-state index contributed by atoms with van der Waals surface area (Å²) >= 11 is 0. The van der Waals surface area contributed by atoms with Gasteiger partial charge in [0.2, 0.25) is 0 Å². The lowest BCUT2D eigenvalue weighted by Gasteiger charge is -2.20. The average molecular weight is 397 g/mol. The number of alkyl halides is 3. The van der Waals surface area contributed by atoms with Crippen molar-refractivity contribution in [2.24, 2.45) is 5.92 Å². The van der Waals surface area contributed by atoms with Crippen molar-refractivity contribution in [3.63, 3.8) is 0 Å². The zero-order valence-corrected chi connectivity index (χ0v) is 14.8. The normalized spacial score (nSPS) is 15.8. The van der Waals surface area contributed by atoms with Crippen LogP contribution in [0.1, 0.15) is 42.8 Å². The Labute approximate surface area is 157 Å². The number of hydrogen-bond acceptors (Lipinski definition) is 3. The molecule has 148 valence electrons. The van der Waals surface area contributed by atoms with E-state index in [9.17, 15) is 22.0 Å². The minimum atomic E-state index is -4.71. The van der Waals surface area contributed by atoms with E-state index in [1.54, 1.807) is 0 Å². The Kier molecular flexibility index (Phi) is 4.47. The number of halogens is 5. The molecule has 28 heavy (non-hydrogen) atoms. The van der Waals surface area contributed by atoms with Gasteiger partial charge in [0.05, 0.1) is 0 Å². The zero-order valence-electron chi connectivity index (χ0n) is 14.8. The first-order valence-electron chi connectivity index (χ1n) is 8.79. The summed E-state index contributed by atoms with van der Waals surface area (Å²) in [5.41, 5.74) is -1.48. The van der Waals surface area contributed by atoms with Crippen LogP contribution in [0.15, 0.2) is 30.5 Å². The van der Waals surface area contributed by atoms with E-state index >= 15 is 0 Å². The first-order valence-corrected chi connectivity index (χ1v) is 8.79. The standard InChI is InChI=1S/C19H16F5N3O/c1-10(28-15-5-4-12(20)9-14(15)21)13-6-7-27-16(8-11-2-3-11)25-26-18(27)17(13)19(22,23)24/h4-7,9-11H,2-3,8H2,1H3/t10-/m0/s1. The van der Waals surface area contributed by atoms with Crippen molar-refractivity contribution in [3.8, 4) is 5.75 Å². The molecule has 1 aromatic carbocycles. The van der Waals surface area contributed by atoms with Gasteiger partial charge in [0, 0.05) is 24.2 Å². The fourth-order valence-electron chi connectivity index (χ4n) is 3.19. The molecular weight excluding hydrogens is 381 g/mol. The molecular formula is C19H16F5N3O. The van der Waals surface area contributed by atoms with Crippen LogP contribution in [0.3, 0.4) is 0 Å². The van der Waals surface area contributed by atoms with E-state index in [0.29, 0.717) is 24.2 Å². The van der Waals surface area contributed by atoms with Crippen LogP contribution in [0.5, 0.6) is 5.75 Å². The third-order valence-corrected chi connectivity index (χ3v) is 4.77. The SMILES string of the molecule is C[C@H](Oc1ccc(F)cc1F)c1ccn2c(CC3CC3)nnc2c1C(F)(F)F. The fourth-order valence-corrected chi connectivity index (χ4v) is 3.19. The van der Waals surface area contributed by atoms with Crippen LogP contribution in [0.25, 0.3) is 5.65 Å². The van der Waals surface area contributed by atoms with E-state index in [1.807, 2.05) is 0 Å². The number of fused-ring (bicyclic) bond motifs is 1. The Hall–Kier alpha value is -2.71. The highest BCUT2D eigenvalue weighted by atomic mass is 19.4. The van der Waals surface area contributed by atoms with Crippen molar-refractivity contribution in [1.82, 2.24) is 14.6 Å². The monoisotopic (exact) mass is 397 g/mol.